The fourth-order valence-electron chi connectivity index (χ4n) is 2.81. The summed E-state index contributed by atoms with van der Waals surface area (Å²) in [7, 11) is -1.85. The summed E-state index contributed by atoms with van der Waals surface area (Å²) in [4.78, 5) is 29.9. The van der Waals surface area contributed by atoms with E-state index >= 15 is 0 Å². The molecule has 2 amide bonds. The molecule has 0 radical (unpaired) electrons. The van der Waals surface area contributed by atoms with Crippen LogP contribution in [0.5, 0.6) is 0 Å². The molecule has 0 aliphatic heterocycles. The fraction of sp³-hybridized carbons (Fsp3) is 0.409. The van der Waals surface area contributed by atoms with Crippen molar-refractivity contribution in [2.24, 2.45) is 5.41 Å². The molecule has 168 valence electrons. The van der Waals surface area contributed by atoms with Crippen LogP contribution in [-0.2, 0) is 0 Å². The van der Waals surface area contributed by atoms with Crippen LogP contribution in [-0.4, -0.2) is 45.5 Å². The predicted octanol–water partition coefficient (Wildman–Crippen LogP) is 2.38. The Hall–Kier alpha value is -2.78. The van der Waals surface area contributed by atoms with Gasteiger partial charge in [0.1, 0.15) is 5.82 Å². The minimum atomic E-state index is -1.85. The number of carbonyl (C=O) groups is 2. The highest BCUT2D eigenvalue weighted by atomic mass is 19.1. The molecule has 0 unspecified atom stereocenters. The van der Waals surface area contributed by atoms with Crippen molar-refractivity contribution in [3.63, 3.8) is 0 Å². The van der Waals surface area contributed by atoms with Gasteiger partial charge in [-0.15, -0.1) is 0 Å². The number of carbonyl (C=O) groups excluding carboxylic acids is 2. The Kier molecular flexibility index (Phi) is 9.33. The number of aryl methyl sites for hydroxylation is 2. The number of nitrogens with zero attached hydrogens (tertiary/aromatic N) is 2. The maximum atomic E-state index is 14.3. The summed E-state index contributed by atoms with van der Waals surface area (Å²) >= 11 is 0. The van der Waals surface area contributed by atoms with Gasteiger partial charge in [-0.2, -0.15) is 0 Å². The smallest absolute Gasteiger partial charge is 0.423 e. The van der Waals surface area contributed by atoms with Gasteiger partial charge in [0.05, 0.1) is 5.56 Å². The van der Waals surface area contributed by atoms with Crippen LogP contribution < -0.4 is 10.9 Å². The number of nitrogens with one attached hydrogen (secondary N) is 1. The SMILES string of the molecule is CC.Cc1cc(C(=O)N(CC(C)(C)C)NC(=O)c2ccc(B(O)O)cc2F)cc(C)n1. The second-order valence-corrected chi connectivity index (χ2v) is 8.14. The Labute approximate surface area is 183 Å². The van der Waals surface area contributed by atoms with Crippen LogP contribution in [0.3, 0.4) is 0 Å². The quantitative estimate of drug-likeness (QED) is 0.510. The highest BCUT2D eigenvalue weighted by Gasteiger charge is 2.26. The molecule has 0 bridgehead atoms. The standard InChI is InChI=1S/C20H25BFN3O4.C2H6/c1-12-8-14(9-13(2)23-12)19(27)25(11-20(3,4)5)24-18(26)16-7-6-15(21(28)29)10-17(16)22;1-2/h6-10,28-29H,11H2,1-5H3,(H,24,26);1-2H3. The largest absolute Gasteiger partial charge is 0.488 e. The van der Waals surface area contributed by atoms with Crippen LogP contribution in [0.15, 0.2) is 30.3 Å². The molecule has 3 N–H and O–H groups in total. The maximum absolute atomic E-state index is 14.3. The molecule has 1 aromatic heterocycles. The van der Waals surface area contributed by atoms with Crippen LogP contribution in [0, 0.1) is 25.1 Å². The lowest BCUT2D eigenvalue weighted by molar-refractivity contribution is 0.0507. The molecule has 7 nitrogen and oxygen atoms in total. The van der Waals surface area contributed by atoms with Gasteiger partial charge in [-0.25, -0.2) is 9.40 Å². The summed E-state index contributed by atoms with van der Waals surface area (Å²) in [5.41, 5.74) is 3.43. The average Bonchev–Trinajstić information content (AvgIpc) is 2.66. The molecular formula is C22H31BFN3O4. The third-order valence-electron chi connectivity index (χ3n) is 3.98. The zero-order chi connectivity index (χ0) is 23.9. The number of amides is 2. The molecule has 0 saturated carbocycles. The zero-order valence-electron chi connectivity index (χ0n) is 19.2. The monoisotopic (exact) mass is 431 g/mol. The Morgan fingerprint density at radius 1 is 1.10 bits per heavy atom. The van der Waals surface area contributed by atoms with Gasteiger partial charge in [-0.1, -0.05) is 40.7 Å². The van der Waals surface area contributed by atoms with Gasteiger partial charge in [-0.05, 0) is 49.0 Å². The van der Waals surface area contributed by atoms with E-state index in [9.17, 15) is 14.0 Å². The second kappa shape index (κ2) is 11.0. The summed E-state index contributed by atoms with van der Waals surface area (Å²) < 4.78 is 14.3. The second-order valence-electron chi connectivity index (χ2n) is 8.14. The number of hydrogen-bond donors (Lipinski definition) is 3. The van der Waals surface area contributed by atoms with Crippen LogP contribution in [0.2, 0.25) is 0 Å². The van der Waals surface area contributed by atoms with Crippen LogP contribution >= 0.6 is 0 Å². The number of hydrogen-bond acceptors (Lipinski definition) is 5. The van der Waals surface area contributed by atoms with E-state index in [1.54, 1.807) is 26.0 Å². The Balaban J connectivity index is 0.00000233. The van der Waals surface area contributed by atoms with E-state index in [0.717, 1.165) is 17.1 Å². The minimum Gasteiger partial charge on any atom is -0.423 e. The number of hydrazine groups is 1. The molecule has 9 heteroatoms. The van der Waals surface area contributed by atoms with Crippen molar-refractivity contribution in [1.29, 1.82) is 0 Å². The predicted molar refractivity (Wildman–Crippen MR) is 119 cm³/mol. The summed E-state index contributed by atoms with van der Waals surface area (Å²) in [6.07, 6.45) is 0. The van der Waals surface area contributed by atoms with Gasteiger partial charge >= 0.3 is 7.12 Å². The van der Waals surface area contributed by atoms with E-state index in [-0.39, 0.29) is 23.0 Å². The van der Waals surface area contributed by atoms with Crippen molar-refractivity contribution in [1.82, 2.24) is 15.4 Å². The Morgan fingerprint density at radius 2 is 1.65 bits per heavy atom. The molecular weight excluding hydrogens is 400 g/mol. The van der Waals surface area contributed by atoms with Gasteiger partial charge in [0.15, 0.2) is 0 Å². The average molecular weight is 431 g/mol. The fourth-order valence-corrected chi connectivity index (χ4v) is 2.81. The molecule has 0 spiro atoms. The number of rotatable bonds is 4. The van der Waals surface area contributed by atoms with E-state index in [1.807, 2.05) is 34.6 Å². The first-order chi connectivity index (χ1) is 14.4. The lowest BCUT2D eigenvalue weighted by Gasteiger charge is -2.30. The summed E-state index contributed by atoms with van der Waals surface area (Å²) in [6, 6.07) is 6.48. The van der Waals surface area contributed by atoms with Crippen molar-refractivity contribution in [3.05, 3.63) is 58.7 Å². The normalized spacial score (nSPS) is 10.6. The molecule has 2 rings (SSSR count). The van der Waals surface area contributed by atoms with E-state index in [1.165, 1.54) is 6.07 Å². The van der Waals surface area contributed by atoms with Gasteiger partial charge in [0.25, 0.3) is 11.8 Å². The Bertz CT molecular complexity index is 909. The summed E-state index contributed by atoms with van der Waals surface area (Å²) in [6.45, 7) is 13.4. The zero-order valence-corrected chi connectivity index (χ0v) is 19.2. The van der Waals surface area contributed by atoms with Crippen molar-refractivity contribution >= 4 is 24.4 Å². The van der Waals surface area contributed by atoms with Crippen LogP contribution in [0.4, 0.5) is 4.39 Å². The van der Waals surface area contributed by atoms with E-state index in [0.29, 0.717) is 17.0 Å². The summed E-state index contributed by atoms with van der Waals surface area (Å²) in [5, 5.41) is 19.4. The molecule has 0 atom stereocenters. The first kappa shape index (κ1) is 26.3. The highest BCUT2D eigenvalue weighted by molar-refractivity contribution is 6.58. The lowest BCUT2D eigenvalue weighted by Crippen LogP contribution is -2.50. The van der Waals surface area contributed by atoms with Crippen molar-refractivity contribution in [3.8, 4) is 0 Å². The first-order valence-electron chi connectivity index (χ1n) is 10.1. The first-order valence-corrected chi connectivity index (χ1v) is 10.1. The van der Waals surface area contributed by atoms with Crippen LogP contribution in [0.25, 0.3) is 0 Å². The number of halogens is 1. The molecule has 1 aromatic carbocycles. The van der Waals surface area contributed by atoms with Gasteiger partial charge in [0, 0.05) is 23.5 Å². The number of aromatic nitrogens is 1. The van der Waals surface area contributed by atoms with Crippen molar-refractivity contribution in [2.45, 2.75) is 48.5 Å². The van der Waals surface area contributed by atoms with Gasteiger partial charge in [0.2, 0.25) is 0 Å². The Morgan fingerprint density at radius 3 is 2.10 bits per heavy atom. The molecule has 2 aromatic rings. The number of pyridine rings is 1. The highest BCUT2D eigenvalue weighted by Crippen LogP contribution is 2.17. The molecule has 0 saturated heterocycles. The van der Waals surface area contributed by atoms with E-state index < -0.39 is 24.7 Å². The molecule has 0 aliphatic carbocycles. The van der Waals surface area contributed by atoms with Crippen molar-refractivity contribution < 1.29 is 24.0 Å². The van der Waals surface area contributed by atoms with Crippen molar-refractivity contribution in [2.75, 3.05) is 6.54 Å². The van der Waals surface area contributed by atoms with E-state index in [4.69, 9.17) is 10.0 Å². The molecule has 0 fully saturated rings. The third kappa shape index (κ3) is 7.77. The van der Waals surface area contributed by atoms with Gasteiger partial charge < -0.3 is 10.0 Å². The molecule has 1 heterocycles. The van der Waals surface area contributed by atoms with Gasteiger partial charge in [-0.3, -0.25) is 20.0 Å². The number of benzene rings is 1. The maximum Gasteiger partial charge on any atom is 0.488 e. The molecule has 0 aliphatic rings. The minimum absolute atomic E-state index is 0.0792. The summed E-state index contributed by atoms with van der Waals surface area (Å²) in [5.74, 6) is -2.18. The lowest BCUT2D eigenvalue weighted by atomic mass is 9.80. The third-order valence-corrected chi connectivity index (χ3v) is 3.98. The molecule has 31 heavy (non-hydrogen) atoms. The van der Waals surface area contributed by atoms with E-state index in [2.05, 4.69) is 10.4 Å². The topological polar surface area (TPSA) is 103 Å². The van der Waals surface area contributed by atoms with Crippen LogP contribution in [0.1, 0.15) is 66.7 Å².